The smallest absolute Gasteiger partial charge is 0.272 e. The number of rotatable bonds is 10. The number of non-ortho nitro benzene ring substituents is 1. The van der Waals surface area contributed by atoms with Crippen molar-refractivity contribution in [1.29, 1.82) is 0 Å². The first-order chi connectivity index (χ1) is 20.2. The fourth-order valence-corrected chi connectivity index (χ4v) is 4.50. The maximum absolute atomic E-state index is 13.2. The van der Waals surface area contributed by atoms with Gasteiger partial charge in [-0.25, -0.2) is 0 Å². The fourth-order valence-electron chi connectivity index (χ4n) is 3.80. The lowest BCUT2D eigenvalue weighted by Crippen LogP contribution is -2.30. The van der Waals surface area contributed by atoms with Crippen molar-refractivity contribution in [2.45, 2.75) is 18.7 Å². The Kier molecular flexibility index (Phi) is 9.85. The first-order valence-corrected chi connectivity index (χ1v) is 13.9. The number of aryl methyl sites for hydroxylation is 2. The average molecular weight is 581 g/mol. The van der Waals surface area contributed by atoms with Crippen molar-refractivity contribution in [1.82, 2.24) is 5.32 Å². The van der Waals surface area contributed by atoms with Crippen LogP contribution in [0.3, 0.4) is 0 Å². The molecule has 3 amide bonds. The zero-order valence-electron chi connectivity index (χ0n) is 22.9. The summed E-state index contributed by atoms with van der Waals surface area (Å²) < 4.78 is 0. The Morgan fingerprint density at radius 3 is 2.21 bits per heavy atom. The van der Waals surface area contributed by atoms with Crippen LogP contribution in [-0.4, -0.2) is 28.4 Å². The maximum Gasteiger partial charge on any atom is 0.272 e. The van der Waals surface area contributed by atoms with Crippen LogP contribution in [0.4, 0.5) is 17.1 Å². The van der Waals surface area contributed by atoms with Gasteiger partial charge in [-0.2, -0.15) is 0 Å². The van der Waals surface area contributed by atoms with Gasteiger partial charge in [-0.15, -0.1) is 11.8 Å². The number of hydrogen-bond acceptors (Lipinski definition) is 6. The first kappa shape index (κ1) is 29.8. The van der Waals surface area contributed by atoms with Gasteiger partial charge in [-0.05, 0) is 67.4 Å². The van der Waals surface area contributed by atoms with Gasteiger partial charge in [0.05, 0.1) is 16.4 Å². The molecule has 4 aromatic carbocycles. The highest BCUT2D eigenvalue weighted by atomic mass is 32.2. The quantitative estimate of drug-likeness (QED) is 0.0867. The number of nitrogens with zero attached hydrogens (tertiary/aromatic N) is 1. The van der Waals surface area contributed by atoms with Gasteiger partial charge < -0.3 is 16.0 Å². The molecule has 3 N–H and O–H groups in total. The fraction of sp³-hybridized carbons (Fsp3) is 0.0938. The van der Waals surface area contributed by atoms with Crippen molar-refractivity contribution in [3.63, 3.8) is 0 Å². The highest BCUT2D eigenvalue weighted by molar-refractivity contribution is 8.00. The van der Waals surface area contributed by atoms with Crippen LogP contribution in [0.2, 0.25) is 0 Å². The van der Waals surface area contributed by atoms with E-state index in [4.69, 9.17) is 0 Å². The van der Waals surface area contributed by atoms with E-state index in [9.17, 15) is 24.5 Å². The largest absolute Gasteiger partial charge is 0.325 e. The highest BCUT2D eigenvalue weighted by Gasteiger charge is 2.16. The van der Waals surface area contributed by atoms with Crippen molar-refractivity contribution >= 4 is 52.6 Å². The third kappa shape index (κ3) is 8.39. The molecule has 0 aliphatic carbocycles. The molecule has 212 valence electrons. The molecule has 0 radical (unpaired) electrons. The van der Waals surface area contributed by atoms with Crippen LogP contribution in [-0.2, 0) is 9.59 Å². The molecular formula is C32H28N4O5S. The minimum absolute atomic E-state index is 0.0827. The van der Waals surface area contributed by atoms with E-state index in [0.29, 0.717) is 16.9 Å². The molecule has 9 nitrogen and oxygen atoms in total. The van der Waals surface area contributed by atoms with Crippen LogP contribution < -0.4 is 16.0 Å². The zero-order valence-corrected chi connectivity index (χ0v) is 23.7. The second-order valence-electron chi connectivity index (χ2n) is 9.36. The average Bonchev–Trinajstić information content (AvgIpc) is 2.99. The predicted molar refractivity (Wildman–Crippen MR) is 165 cm³/mol. The molecule has 0 heterocycles. The molecular weight excluding hydrogens is 552 g/mol. The number of nitrogens with one attached hydrogen (secondary N) is 3. The summed E-state index contributed by atoms with van der Waals surface area (Å²) in [6.07, 6.45) is 1.61. The lowest BCUT2D eigenvalue weighted by Gasteiger charge is -2.12. The molecule has 0 saturated heterocycles. The third-order valence-electron chi connectivity index (χ3n) is 6.11. The van der Waals surface area contributed by atoms with Crippen LogP contribution in [0.25, 0.3) is 6.08 Å². The lowest BCUT2D eigenvalue weighted by molar-refractivity contribution is -0.384. The Balaban J connectivity index is 1.39. The Hall–Kier alpha value is -5.22. The summed E-state index contributed by atoms with van der Waals surface area (Å²) in [5.74, 6) is -1.12. The molecule has 0 spiro atoms. The monoisotopic (exact) mass is 580 g/mol. The van der Waals surface area contributed by atoms with E-state index in [2.05, 4.69) is 16.0 Å². The van der Waals surface area contributed by atoms with Gasteiger partial charge in [-0.3, -0.25) is 24.5 Å². The zero-order chi connectivity index (χ0) is 30.1. The molecule has 10 heteroatoms. The summed E-state index contributed by atoms with van der Waals surface area (Å²) in [6, 6.07) is 27.4. The summed E-state index contributed by atoms with van der Waals surface area (Å²) >= 11 is 1.28. The number of nitro groups is 1. The maximum atomic E-state index is 13.2. The van der Waals surface area contributed by atoms with E-state index in [1.807, 2.05) is 31.2 Å². The normalized spacial score (nSPS) is 11.0. The van der Waals surface area contributed by atoms with Crippen molar-refractivity contribution < 1.29 is 19.3 Å². The molecule has 0 unspecified atom stereocenters. The number of anilines is 2. The molecule has 0 aliphatic rings. The van der Waals surface area contributed by atoms with Gasteiger partial charge in [0, 0.05) is 28.3 Å². The number of amides is 3. The molecule has 0 aliphatic heterocycles. The second kappa shape index (κ2) is 13.9. The minimum atomic E-state index is -0.511. The van der Waals surface area contributed by atoms with E-state index in [1.165, 1.54) is 23.9 Å². The molecule has 0 aromatic heterocycles. The number of nitro benzene ring substituents is 1. The van der Waals surface area contributed by atoms with Gasteiger partial charge in [0.1, 0.15) is 5.70 Å². The van der Waals surface area contributed by atoms with Crippen molar-refractivity contribution in [2.75, 3.05) is 16.4 Å². The van der Waals surface area contributed by atoms with Gasteiger partial charge in [0.15, 0.2) is 0 Å². The summed E-state index contributed by atoms with van der Waals surface area (Å²) in [5.41, 5.74) is 3.84. The topological polar surface area (TPSA) is 130 Å². The van der Waals surface area contributed by atoms with Crippen LogP contribution >= 0.6 is 11.8 Å². The summed E-state index contributed by atoms with van der Waals surface area (Å²) in [4.78, 5) is 49.8. The molecule has 42 heavy (non-hydrogen) atoms. The summed E-state index contributed by atoms with van der Waals surface area (Å²) in [7, 11) is 0. The predicted octanol–water partition coefficient (Wildman–Crippen LogP) is 6.35. The molecule has 0 bridgehead atoms. The number of hydrogen-bond donors (Lipinski definition) is 3. The minimum Gasteiger partial charge on any atom is -0.325 e. The number of carbonyl (C=O) groups excluding carboxylic acids is 3. The Morgan fingerprint density at radius 2 is 1.55 bits per heavy atom. The van der Waals surface area contributed by atoms with Crippen molar-refractivity contribution in [2.24, 2.45) is 0 Å². The van der Waals surface area contributed by atoms with Crippen molar-refractivity contribution in [3.05, 3.63) is 135 Å². The standard InChI is InChI=1S/C32H28N4O5S/c1-21-8-11-23(12-9-21)18-29(35-31(38)24-6-4-3-5-7-24)32(39)33-25-13-16-27(17-14-25)42-20-30(37)34-28-19-26(36(40)41)15-10-22(28)2/h3-19H,20H2,1-2H3,(H,33,39)(H,34,37)(H,35,38)/b29-18-. The Morgan fingerprint density at radius 1 is 0.857 bits per heavy atom. The van der Waals surface area contributed by atoms with Crippen LogP contribution in [0.1, 0.15) is 27.0 Å². The number of carbonyl (C=O) groups is 3. The molecule has 0 fully saturated rings. The van der Waals surface area contributed by atoms with Crippen LogP contribution in [0, 0.1) is 24.0 Å². The van der Waals surface area contributed by atoms with Crippen LogP contribution in [0.15, 0.2) is 108 Å². The van der Waals surface area contributed by atoms with Crippen molar-refractivity contribution in [3.8, 4) is 0 Å². The van der Waals surface area contributed by atoms with Gasteiger partial charge in [-0.1, -0.05) is 54.1 Å². The van der Waals surface area contributed by atoms with E-state index in [-0.39, 0.29) is 23.0 Å². The first-order valence-electron chi connectivity index (χ1n) is 12.9. The van der Waals surface area contributed by atoms with Gasteiger partial charge in [0.2, 0.25) is 5.91 Å². The third-order valence-corrected chi connectivity index (χ3v) is 7.12. The van der Waals surface area contributed by atoms with E-state index in [1.54, 1.807) is 73.7 Å². The SMILES string of the molecule is Cc1ccc(/C=C(\NC(=O)c2ccccc2)C(=O)Nc2ccc(SCC(=O)Nc3cc([N+](=O)[O-])ccc3C)cc2)cc1. The van der Waals surface area contributed by atoms with Gasteiger partial charge >= 0.3 is 0 Å². The second-order valence-corrected chi connectivity index (χ2v) is 10.4. The van der Waals surface area contributed by atoms with E-state index >= 15 is 0 Å². The number of benzene rings is 4. The summed E-state index contributed by atoms with van der Waals surface area (Å²) in [6.45, 7) is 3.72. The Bertz CT molecular complexity index is 1640. The Labute approximate surface area is 247 Å². The van der Waals surface area contributed by atoms with E-state index in [0.717, 1.165) is 21.6 Å². The van der Waals surface area contributed by atoms with E-state index < -0.39 is 16.7 Å². The molecule has 4 aromatic rings. The molecule has 0 atom stereocenters. The highest BCUT2D eigenvalue weighted by Crippen LogP contribution is 2.24. The molecule has 0 saturated carbocycles. The molecule has 4 rings (SSSR count). The summed E-state index contributed by atoms with van der Waals surface area (Å²) in [5, 5.41) is 19.3. The number of thioether (sulfide) groups is 1. The van der Waals surface area contributed by atoms with Gasteiger partial charge in [0.25, 0.3) is 17.5 Å². The lowest BCUT2D eigenvalue weighted by atomic mass is 10.1. The van der Waals surface area contributed by atoms with Crippen LogP contribution in [0.5, 0.6) is 0 Å².